The molecule has 3 aromatic rings. The number of amides is 1. The molecule has 0 radical (unpaired) electrons. The first-order valence-electron chi connectivity index (χ1n) is 8.44. The summed E-state index contributed by atoms with van der Waals surface area (Å²) in [7, 11) is -3.73. The summed E-state index contributed by atoms with van der Waals surface area (Å²) in [6.45, 7) is 3.67. The maximum atomic E-state index is 12.7. The number of nitrogens with zero attached hydrogens (tertiary/aromatic N) is 1. The standard InChI is InChI=1S/C19H17N3O4S2/c1-11-3-6-17(12(2)7-11)28(24,25)22-19-21-15(10-27-19)13-4-5-16-14(8-13)20-18(23)9-26-16/h3-8,10H,9H2,1-2H3,(H,20,23)(H,21,22). The molecule has 144 valence electrons. The Bertz CT molecular complexity index is 1190. The lowest BCUT2D eigenvalue weighted by molar-refractivity contribution is -0.118. The van der Waals surface area contributed by atoms with Crippen LogP contribution in [0.5, 0.6) is 5.75 Å². The van der Waals surface area contributed by atoms with E-state index < -0.39 is 10.0 Å². The number of hydrogen-bond donors (Lipinski definition) is 2. The van der Waals surface area contributed by atoms with Crippen LogP contribution < -0.4 is 14.8 Å². The Morgan fingerprint density at radius 3 is 2.79 bits per heavy atom. The van der Waals surface area contributed by atoms with Crippen LogP contribution in [0.1, 0.15) is 11.1 Å². The highest BCUT2D eigenvalue weighted by Gasteiger charge is 2.20. The smallest absolute Gasteiger partial charge is 0.263 e. The maximum Gasteiger partial charge on any atom is 0.263 e. The third-order valence-electron chi connectivity index (χ3n) is 4.25. The molecule has 28 heavy (non-hydrogen) atoms. The molecule has 0 aliphatic carbocycles. The summed E-state index contributed by atoms with van der Waals surface area (Å²) in [5.74, 6) is 0.374. The van der Waals surface area contributed by atoms with Gasteiger partial charge in [0.25, 0.3) is 15.9 Å². The highest BCUT2D eigenvalue weighted by atomic mass is 32.2. The zero-order valence-corrected chi connectivity index (χ0v) is 16.8. The first kappa shape index (κ1) is 18.5. The predicted octanol–water partition coefficient (Wildman–Crippen LogP) is 3.56. The van der Waals surface area contributed by atoms with Crippen molar-refractivity contribution in [2.24, 2.45) is 0 Å². The minimum absolute atomic E-state index is 0.00654. The largest absolute Gasteiger partial charge is 0.482 e. The maximum absolute atomic E-state index is 12.7. The summed E-state index contributed by atoms with van der Waals surface area (Å²) in [4.78, 5) is 16.1. The molecule has 2 heterocycles. The number of benzene rings is 2. The van der Waals surface area contributed by atoms with Gasteiger partial charge in [-0.05, 0) is 43.7 Å². The summed E-state index contributed by atoms with van der Waals surface area (Å²) < 4.78 is 33.3. The monoisotopic (exact) mass is 415 g/mol. The lowest BCUT2D eigenvalue weighted by atomic mass is 10.1. The van der Waals surface area contributed by atoms with Gasteiger partial charge in [0.2, 0.25) is 0 Å². The fourth-order valence-electron chi connectivity index (χ4n) is 2.97. The molecule has 7 nitrogen and oxygen atoms in total. The van der Waals surface area contributed by atoms with Gasteiger partial charge in [0.1, 0.15) is 5.75 Å². The van der Waals surface area contributed by atoms with Crippen LogP contribution in [0.2, 0.25) is 0 Å². The number of sulfonamides is 1. The van der Waals surface area contributed by atoms with Crippen LogP contribution in [0.4, 0.5) is 10.8 Å². The van der Waals surface area contributed by atoms with Crippen LogP contribution in [0, 0.1) is 13.8 Å². The second-order valence-corrected chi connectivity index (χ2v) is 8.97. The van der Waals surface area contributed by atoms with Gasteiger partial charge in [-0.1, -0.05) is 17.7 Å². The van der Waals surface area contributed by atoms with Crippen LogP contribution in [0.3, 0.4) is 0 Å². The second-order valence-electron chi connectivity index (χ2n) is 6.46. The molecule has 0 spiro atoms. The Hall–Kier alpha value is -2.91. The number of hydrogen-bond acceptors (Lipinski definition) is 6. The predicted molar refractivity (Wildman–Crippen MR) is 108 cm³/mol. The molecule has 0 atom stereocenters. The summed E-state index contributed by atoms with van der Waals surface area (Å²) in [6.07, 6.45) is 0. The van der Waals surface area contributed by atoms with Crippen molar-refractivity contribution in [1.29, 1.82) is 0 Å². The van der Waals surface area contributed by atoms with Crippen molar-refractivity contribution >= 4 is 38.1 Å². The minimum Gasteiger partial charge on any atom is -0.482 e. The van der Waals surface area contributed by atoms with E-state index in [4.69, 9.17) is 4.74 Å². The molecule has 1 aliphatic rings. The number of fused-ring (bicyclic) bond motifs is 1. The van der Waals surface area contributed by atoms with Gasteiger partial charge >= 0.3 is 0 Å². The molecule has 1 aliphatic heterocycles. The van der Waals surface area contributed by atoms with Gasteiger partial charge in [-0.25, -0.2) is 13.4 Å². The topological polar surface area (TPSA) is 97.4 Å². The number of rotatable bonds is 4. The van der Waals surface area contributed by atoms with Gasteiger partial charge in [0, 0.05) is 10.9 Å². The highest BCUT2D eigenvalue weighted by molar-refractivity contribution is 7.93. The average Bonchev–Trinajstić information content (AvgIpc) is 3.08. The molecular weight excluding hydrogens is 398 g/mol. The minimum atomic E-state index is -3.73. The summed E-state index contributed by atoms with van der Waals surface area (Å²) >= 11 is 1.19. The van der Waals surface area contributed by atoms with Crippen LogP contribution in [0.15, 0.2) is 46.7 Å². The Labute approximate surface area is 166 Å². The van der Waals surface area contributed by atoms with E-state index in [1.54, 1.807) is 36.6 Å². The number of aromatic nitrogens is 1. The number of carbonyl (C=O) groups excluding carboxylic acids is 1. The number of ether oxygens (including phenoxy) is 1. The van der Waals surface area contributed by atoms with Gasteiger partial charge in [-0.15, -0.1) is 11.3 Å². The van der Waals surface area contributed by atoms with Gasteiger partial charge in [0.05, 0.1) is 16.3 Å². The van der Waals surface area contributed by atoms with Crippen LogP contribution in [-0.4, -0.2) is 25.9 Å². The van der Waals surface area contributed by atoms with Gasteiger partial charge < -0.3 is 10.1 Å². The van der Waals surface area contributed by atoms with Gasteiger partial charge in [-0.3, -0.25) is 9.52 Å². The quantitative estimate of drug-likeness (QED) is 0.679. The molecule has 0 bridgehead atoms. The Kier molecular flexibility index (Phi) is 4.56. The molecule has 0 saturated heterocycles. The van der Waals surface area contributed by atoms with Crippen molar-refractivity contribution in [1.82, 2.24) is 4.98 Å². The van der Waals surface area contributed by atoms with E-state index in [0.29, 0.717) is 22.7 Å². The summed E-state index contributed by atoms with van der Waals surface area (Å²) in [5.41, 5.74) is 3.59. The third-order valence-corrected chi connectivity index (χ3v) is 6.64. The third kappa shape index (κ3) is 3.58. The summed E-state index contributed by atoms with van der Waals surface area (Å²) in [5, 5.41) is 4.78. The van der Waals surface area contributed by atoms with Crippen molar-refractivity contribution in [2.45, 2.75) is 18.7 Å². The lowest BCUT2D eigenvalue weighted by Crippen LogP contribution is -2.25. The van der Waals surface area contributed by atoms with Gasteiger partial charge in [0.15, 0.2) is 11.7 Å². The van der Waals surface area contributed by atoms with Crippen molar-refractivity contribution in [3.63, 3.8) is 0 Å². The fraction of sp³-hybridized carbons (Fsp3) is 0.158. The van der Waals surface area contributed by atoms with E-state index in [1.807, 2.05) is 19.1 Å². The average molecular weight is 415 g/mol. The fourth-order valence-corrected chi connectivity index (χ4v) is 5.17. The number of nitrogens with one attached hydrogen (secondary N) is 2. The van der Waals surface area contributed by atoms with Gasteiger partial charge in [-0.2, -0.15) is 0 Å². The highest BCUT2D eigenvalue weighted by Crippen LogP contribution is 2.34. The Morgan fingerprint density at radius 2 is 2.00 bits per heavy atom. The van der Waals surface area contributed by atoms with E-state index in [-0.39, 0.29) is 22.5 Å². The van der Waals surface area contributed by atoms with E-state index in [2.05, 4.69) is 15.0 Å². The number of aryl methyl sites for hydroxylation is 2. The first-order valence-corrected chi connectivity index (χ1v) is 10.8. The van der Waals surface area contributed by atoms with Crippen molar-refractivity contribution in [2.75, 3.05) is 16.6 Å². The molecular formula is C19H17N3O4S2. The van der Waals surface area contributed by atoms with Crippen molar-refractivity contribution in [3.05, 3.63) is 52.9 Å². The van der Waals surface area contributed by atoms with Crippen LogP contribution >= 0.6 is 11.3 Å². The van der Waals surface area contributed by atoms with E-state index in [9.17, 15) is 13.2 Å². The zero-order valence-electron chi connectivity index (χ0n) is 15.1. The van der Waals surface area contributed by atoms with Crippen molar-refractivity contribution < 1.29 is 17.9 Å². The van der Waals surface area contributed by atoms with E-state index in [1.165, 1.54) is 11.3 Å². The van der Waals surface area contributed by atoms with Crippen LogP contribution in [0.25, 0.3) is 11.3 Å². The number of carbonyl (C=O) groups is 1. The molecule has 0 fully saturated rings. The Morgan fingerprint density at radius 1 is 1.18 bits per heavy atom. The molecule has 2 aromatic carbocycles. The molecule has 1 aromatic heterocycles. The van der Waals surface area contributed by atoms with E-state index in [0.717, 1.165) is 11.1 Å². The molecule has 0 saturated carbocycles. The van der Waals surface area contributed by atoms with Crippen molar-refractivity contribution in [3.8, 4) is 17.0 Å². The lowest BCUT2D eigenvalue weighted by Gasteiger charge is -2.18. The molecule has 1 amide bonds. The first-order chi connectivity index (χ1) is 13.3. The SMILES string of the molecule is Cc1ccc(S(=O)(=O)Nc2nc(-c3ccc4c(c3)NC(=O)CO4)cs2)c(C)c1. The number of anilines is 2. The van der Waals surface area contributed by atoms with Crippen LogP contribution in [-0.2, 0) is 14.8 Å². The molecule has 2 N–H and O–H groups in total. The molecule has 9 heteroatoms. The Balaban J connectivity index is 1.60. The zero-order chi connectivity index (χ0) is 19.9. The summed E-state index contributed by atoms with van der Waals surface area (Å²) in [6, 6.07) is 10.5. The normalized spacial score (nSPS) is 13.4. The van der Waals surface area contributed by atoms with E-state index >= 15 is 0 Å². The second kappa shape index (κ2) is 6.92. The molecule has 0 unspecified atom stereocenters. The molecule has 4 rings (SSSR count). The number of thiazole rings is 1.